The molecule has 0 aliphatic heterocycles. The molecule has 1 unspecified atom stereocenters. The molecule has 0 aliphatic carbocycles. The van der Waals surface area contributed by atoms with Gasteiger partial charge in [-0.25, -0.2) is 4.79 Å². The largest absolute Gasteiger partial charge is 0.480 e. The minimum absolute atomic E-state index is 0.0718. The van der Waals surface area contributed by atoms with Gasteiger partial charge in [0, 0.05) is 13.3 Å². The molecule has 1 aromatic rings. The molecule has 1 rings (SSSR count). The van der Waals surface area contributed by atoms with Crippen LogP contribution in [-0.4, -0.2) is 23.0 Å². The van der Waals surface area contributed by atoms with Crippen molar-refractivity contribution < 1.29 is 14.7 Å². The average molecular weight is 263 g/mol. The molecule has 0 saturated carbocycles. The standard InChI is InChI=1S/C15H21NO3/c1-10(17)16-13(14(18)19)9-11-5-7-12(8-6-11)15(2,3)4/h5-8,13H,9H2,1-4H3,(H,16,17)(H,18,19). The number of amides is 1. The Morgan fingerprint density at radius 1 is 1.21 bits per heavy atom. The van der Waals surface area contributed by atoms with Crippen molar-refractivity contribution in [3.05, 3.63) is 35.4 Å². The lowest BCUT2D eigenvalue weighted by Crippen LogP contribution is -2.41. The van der Waals surface area contributed by atoms with Crippen LogP contribution in [0.15, 0.2) is 24.3 Å². The third kappa shape index (κ3) is 4.73. The Hall–Kier alpha value is -1.84. The minimum Gasteiger partial charge on any atom is -0.480 e. The Kier molecular flexibility index (Phi) is 4.70. The van der Waals surface area contributed by atoms with Crippen LogP contribution in [-0.2, 0) is 21.4 Å². The number of carbonyl (C=O) groups excluding carboxylic acids is 1. The molecule has 4 heteroatoms. The van der Waals surface area contributed by atoms with Gasteiger partial charge in [-0.3, -0.25) is 4.79 Å². The van der Waals surface area contributed by atoms with Gasteiger partial charge in [-0.2, -0.15) is 0 Å². The van der Waals surface area contributed by atoms with Gasteiger partial charge < -0.3 is 10.4 Å². The first-order valence-electron chi connectivity index (χ1n) is 6.29. The first-order chi connectivity index (χ1) is 8.70. The fourth-order valence-electron chi connectivity index (χ4n) is 1.82. The molecule has 0 aromatic heterocycles. The molecular weight excluding hydrogens is 242 g/mol. The monoisotopic (exact) mass is 263 g/mol. The predicted molar refractivity (Wildman–Crippen MR) is 74.1 cm³/mol. The summed E-state index contributed by atoms with van der Waals surface area (Å²) in [6, 6.07) is 6.96. The van der Waals surface area contributed by atoms with Gasteiger partial charge in [0.25, 0.3) is 0 Å². The van der Waals surface area contributed by atoms with Crippen molar-refractivity contribution in [2.24, 2.45) is 0 Å². The molecule has 0 fully saturated rings. The summed E-state index contributed by atoms with van der Waals surface area (Å²) in [5.41, 5.74) is 2.17. The van der Waals surface area contributed by atoms with Crippen LogP contribution in [0.25, 0.3) is 0 Å². The van der Waals surface area contributed by atoms with E-state index in [-0.39, 0.29) is 11.3 Å². The van der Waals surface area contributed by atoms with E-state index in [4.69, 9.17) is 5.11 Å². The van der Waals surface area contributed by atoms with Gasteiger partial charge in [0.2, 0.25) is 5.91 Å². The Balaban J connectivity index is 2.81. The molecule has 2 N–H and O–H groups in total. The van der Waals surface area contributed by atoms with Crippen LogP contribution in [0, 0.1) is 0 Å². The summed E-state index contributed by atoms with van der Waals surface area (Å²) in [6.45, 7) is 7.69. The number of hydrogen-bond donors (Lipinski definition) is 2. The van der Waals surface area contributed by atoms with Crippen molar-refractivity contribution in [2.75, 3.05) is 0 Å². The Bertz CT molecular complexity index is 457. The number of rotatable bonds is 4. The van der Waals surface area contributed by atoms with E-state index in [0.29, 0.717) is 6.42 Å². The minimum atomic E-state index is -1.02. The van der Waals surface area contributed by atoms with Crippen molar-refractivity contribution in [2.45, 2.75) is 45.6 Å². The molecular formula is C15H21NO3. The predicted octanol–water partition coefficient (Wildman–Crippen LogP) is 2.12. The second-order valence-corrected chi connectivity index (χ2v) is 5.74. The van der Waals surface area contributed by atoms with E-state index in [1.807, 2.05) is 24.3 Å². The molecule has 0 saturated heterocycles. The van der Waals surface area contributed by atoms with Crippen LogP contribution >= 0.6 is 0 Å². The number of aliphatic carboxylic acids is 1. The third-order valence-electron chi connectivity index (χ3n) is 2.94. The average Bonchev–Trinajstić information content (AvgIpc) is 2.27. The van der Waals surface area contributed by atoms with Gasteiger partial charge in [0.15, 0.2) is 0 Å². The van der Waals surface area contributed by atoms with E-state index >= 15 is 0 Å². The number of benzene rings is 1. The molecule has 0 bridgehead atoms. The van der Waals surface area contributed by atoms with Crippen LogP contribution in [0.5, 0.6) is 0 Å². The fourth-order valence-corrected chi connectivity index (χ4v) is 1.82. The second kappa shape index (κ2) is 5.87. The molecule has 104 valence electrons. The van der Waals surface area contributed by atoms with Gasteiger partial charge in [0.05, 0.1) is 0 Å². The molecule has 0 aliphatic rings. The Morgan fingerprint density at radius 2 is 1.74 bits per heavy atom. The zero-order valence-corrected chi connectivity index (χ0v) is 11.9. The van der Waals surface area contributed by atoms with Crippen molar-refractivity contribution in [3.8, 4) is 0 Å². The third-order valence-corrected chi connectivity index (χ3v) is 2.94. The maximum atomic E-state index is 11.1. The maximum Gasteiger partial charge on any atom is 0.326 e. The lowest BCUT2D eigenvalue weighted by atomic mass is 9.86. The maximum absolute atomic E-state index is 11.1. The van der Waals surface area contributed by atoms with Crippen LogP contribution < -0.4 is 5.32 Å². The van der Waals surface area contributed by atoms with Crippen LogP contribution in [0.3, 0.4) is 0 Å². The van der Waals surface area contributed by atoms with Gasteiger partial charge >= 0.3 is 5.97 Å². The first-order valence-corrected chi connectivity index (χ1v) is 6.29. The van der Waals surface area contributed by atoms with E-state index in [1.54, 1.807) is 0 Å². The highest BCUT2D eigenvalue weighted by Gasteiger charge is 2.19. The number of hydrogen-bond acceptors (Lipinski definition) is 2. The number of carboxylic acids is 1. The normalized spacial score (nSPS) is 12.8. The quantitative estimate of drug-likeness (QED) is 0.874. The second-order valence-electron chi connectivity index (χ2n) is 5.74. The zero-order chi connectivity index (χ0) is 14.6. The van der Waals surface area contributed by atoms with Crippen molar-refractivity contribution in [3.63, 3.8) is 0 Å². The van der Waals surface area contributed by atoms with Crippen LogP contribution in [0.4, 0.5) is 0 Å². The summed E-state index contributed by atoms with van der Waals surface area (Å²) in [5, 5.41) is 11.5. The van der Waals surface area contributed by atoms with E-state index in [9.17, 15) is 9.59 Å². The van der Waals surface area contributed by atoms with Gasteiger partial charge in [-0.05, 0) is 16.5 Å². The van der Waals surface area contributed by atoms with Crippen molar-refractivity contribution in [1.29, 1.82) is 0 Å². The lowest BCUT2D eigenvalue weighted by Gasteiger charge is -2.19. The summed E-state index contributed by atoms with van der Waals surface area (Å²) in [7, 11) is 0. The number of nitrogens with one attached hydrogen (secondary N) is 1. The van der Waals surface area contributed by atoms with Crippen molar-refractivity contribution >= 4 is 11.9 Å². The fraction of sp³-hybridized carbons (Fsp3) is 0.467. The smallest absolute Gasteiger partial charge is 0.326 e. The topological polar surface area (TPSA) is 66.4 Å². The highest BCUT2D eigenvalue weighted by molar-refractivity contribution is 5.82. The summed E-state index contributed by atoms with van der Waals surface area (Å²) in [4.78, 5) is 22.0. The molecule has 0 radical (unpaired) electrons. The Morgan fingerprint density at radius 3 is 2.11 bits per heavy atom. The van der Waals surface area contributed by atoms with Crippen LogP contribution in [0.1, 0.15) is 38.8 Å². The molecule has 4 nitrogen and oxygen atoms in total. The van der Waals surface area contributed by atoms with Gasteiger partial charge in [0.1, 0.15) is 6.04 Å². The number of carbonyl (C=O) groups is 2. The molecule has 1 atom stereocenters. The molecule has 1 amide bonds. The molecule has 0 heterocycles. The van der Waals surface area contributed by atoms with E-state index in [2.05, 4.69) is 26.1 Å². The summed E-state index contributed by atoms with van der Waals surface area (Å²) in [5.74, 6) is -1.35. The zero-order valence-electron chi connectivity index (χ0n) is 11.9. The Labute approximate surface area is 113 Å². The van der Waals surface area contributed by atoms with E-state index < -0.39 is 12.0 Å². The van der Waals surface area contributed by atoms with Gasteiger partial charge in [-0.1, -0.05) is 45.0 Å². The SMILES string of the molecule is CC(=O)NC(Cc1ccc(C(C)(C)C)cc1)C(=O)O. The first kappa shape index (κ1) is 15.2. The summed E-state index contributed by atoms with van der Waals surface area (Å²) in [6.07, 6.45) is 0.291. The lowest BCUT2D eigenvalue weighted by molar-refractivity contribution is -0.141. The number of carboxylic acid groups (broad SMARTS) is 1. The van der Waals surface area contributed by atoms with Crippen molar-refractivity contribution in [1.82, 2.24) is 5.32 Å². The highest BCUT2D eigenvalue weighted by Crippen LogP contribution is 2.22. The van der Waals surface area contributed by atoms with E-state index in [0.717, 1.165) is 5.56 Å². The molecule has 1 aromatic carbocycles. The molecule has 0 spiro atoms. The van der Waals surface area contributed by atoms with E-state index in [1.165, 1.54) is 12.5 Å². The summed E-state index contributed by atoms with van der Waals surface area (Å²) >= 11 is 0. The summed E-state index contributed by atoms with van der Waals surface area (Å²) < 4.78 is 0. The van der Waals surface area contributed by atoms with Crippen LogP contribution in [0.2, 0.25) is 0 Å². The van der Waals surface area contributed by atoms with Gasteiger partial charge in [-0.15, -0.1) is 0 Å². The highest BCUT2D eigenvalue weighted by atomic mass is 16.4. The molecule has 19 heavy (non-hydrogen) atoms.